The largest absolute Gasteiger partial charge is 0.496 e. The summed E-state index contributed by atoms with van der Waals surface area (Å²) < 4.78 is 43.2. The molecule has 1 N–H and O–H groups in total. The van der Waals surface area contributed by atoms with Crippen LogP contribution in [0.25, 0.3) is 0 Å². The number of amides is 1. The summed E-state index contributed by atoms with van der Waals surface area (Å²) in [5, 5.41) is 2.90. The van der Waals surface area contributed by atoms with Gasteiger partial charge in [0.25, 0.3) is 5.91 Å². The van der Waals surface area contributed by atoms with E-state index in [-0.39, 0.29) is 16.5 Å². The number of carbonyl (C=O) groups is 1. The van der Waals surface area contributed by atoms with Gasteiger partial charge in [0, 0.05) is 13.1 Å². The van der Waals surface area contributed by atoms with Gasteiger partial charge in [-0.2, -0.15) is 4.31 Å². The molecule has 9 heteroatoms. The van der Waals surface area contributed by atoms with Crippen molar-refractivity contribution < 1.29 is 27.4 Å². The lowest BCUT2D eigenvalue weighted by atomic mass is 10.1. The van der Waals surface area contributed by atoms with E-state index in [9.17, 15) is 13.2 Å². The summed E-state index contributed by atoms with van der Waals surface area (Å²) in [5.74, 6) is 1.01. The third-order valence-electron chi connectivity index (χ3n) is 5.37. The number of hydrogen-bond acceptors (Lipinski definition) is 6. The Morgan fingerprint density at radius 2 is 1.55 bits per heavy atom. The van der Waals surface area contributed by atoms with E-state index in [0.29, 0.717) is 30.3 Å². The van der Waals surface area contributed by atoms with E-state index in [0.717, 1.165) is 18.4 Å². The highest BCUT2D eigenvalue weighted by atomic mass is 32.2. The van der Waals surface area contributed by atoms with Gasteiger partial charge in [0.2, 0.25) is 10.0 Å². The van der Waals surface area contributed by atoms with Crippen molar-refractivity contribution >= 4 is 15.9 Å². The van der Waals surface area contributed by atoms with Crippen LogP contribution in [-0.2, 0) is 10.0 Å². The molecule has 1 heterocycles. The van der Waals surface area contributed by atoms with E-state index in [1.165, 1.54) is 29.6 Å². The summed E-state index contributed by atoms with van der Waals surface area (Å²) in [5.41, 5.74) is 0.973. The maximum atomic E-state index is 13.0. The normalized spacial score (nSPS) is 15.4. The van der Waals surface area contributed by atoms with Gasteiger partial charge in [-0.15, -0.1) is 0 Å². The molecule has 0 radical (unpaired) electrons. The van der Waals surface area contributed by atoms with Crippen LogP contribution in [0.15, 0.2) is 41.3 Å². The molecular formula is C22H28N2O6S. The predicted molar refractivity (Wildman–Crippen MR) is 116 cm³/mol. The molecule has 31 heavy (non-hydrogen) atoms. The predicted octanol–water partition coefficient (Wildman–Crippen LogP) is 2.99. The number of benzene rings is 2. The Balaban J connectivity index is 1.87. The molecular weight excluding hydrogens is 420 g/mol. The van der Waals surface area contributed by atoms with E-state index >= 15 is 0 Å². The Labute approximate surface area is 183 Å². The second-order valence-corrected chi connectivity index (χ2v) is 9.22. The number of nitrogens with zero attached hydrogens (tertiary/aromatic N) is 1. The lowest BCUT2D eigenvalue weighted by Gasteiger charge is -2.19. The van der Waals surface area contributed by atoms with Crippen molar-refractivity contribution in [2.45, 2.75) is 30.7 Å². The molecule has 0 spiro atoms. The van der Waals surface area contributed by atoms with Gasteiger partial charge >= 0.3 is 0 Å². The summed E-state index contributed by atoms with van der Waals surface area (Å²) in [7, 11) is 0.891. The van der Waals surface area contributed by atoms with Gasteiger partial charge in [0.1, 0.15) is 5.75 Å². The first-order valence-electron chi connectivity index (χ1n) is 10.0. The van der Waals surface area contributed by atoms with Gasteiger partial charge in [-0.1, -0.05) is 6.07 Å². The van der Waals surface area contributed by atoms with Crippen molar-refractivity contribution in [3.63, 3.8) is 0 Å². The van der Waals surface area contributed by atoms with Gasteiger partial charge in [-0.05, 0) is 55.7 Å². The highest BCUT2D eigenvalue weighted by molar-refractivity contribution is 7.89. The SMILES string of the molecule is COc1ccc([C@@H](C)NC(=O)c2cc(S(=O)(=O)N3CCCC3)ccc2OC)cc1OC. The average molecular weight is 449 g/mol. The second-order valence-electron chi connectivity index (χ2n) is 7.28. The zero-order valence-electron chi connectivity index (χ0n) is 18.2. The Morgan fingerprint density at radius 3 is 2.16 bits per heavy atom. The molecule has 0 aromatic heterocycles. The lowest BCUT2D eigenvalue weighted by molar-refractivity contribution is 0.0936. The van der Waals surface area contributed by atoms with Gasteiger partial charge in [0.15, 0.2) is 11.5 Å². The van der Waals surface area contributed by atoms with Crippen LogP contribution < -0.4 is 19.5 Å². The fraction of sp³-hybridized carbons (Fsp3) is 0.409. The third-order valence-corrected chi connectivity index (χ3v) is 7.27. The topological polar surface area (TPSA) is 94.2 Å². The molecule has 3 rings (SSSR count). The van der Waals surface area contributed by atoms with Crippen LogP contribution in [0, 0.1) is 0 Å². The molecule has 2 aromatic carbocycles. The van der Waals surface area contributed by atoms with Crippen LogP contribution in [0.5, 0.6) is 17.2 Å². The summed E-state index contributed by atoms with van der Waals surface area (Å²) >= 11 is 0. The van der Waals surface area contributed by atoms with E-state index in [1.54, 1.807) is 26.4 Å². The van der Waals surface area contributed by atoms with Crippen molar-refractivity contribution in [2.75, 3.05) is 34.4 Å². The van der Waals surface area contributed by atoms with Crippen LogP contribution in [0.4, 0.5) is 0 Å². The van der Waals surface area contributed by atoms with Crippen molar-refractivity contribution in [3.8, 4) is 17.2 Å². The zero-order valence-corrected chi connectivity index (χ0v) is 19.0. The number of carbonyl (C=O) groups excluding carboxylic acids is 1. The lowest BCUT2D eigenvalue weighted by Crippen LogP contribution is -2.29. The van der Waals surface area contributed by atoms with Gasteiger partial charge in [0.05, 0.1) is 37.8 Å². The smallest absolute Gasteiger partial charge is 0.255 e. The number of rotatable bonds is 8. The summed E-state index contributed by atoms with van der Waals surface area (Å²) in [6.45, 7) is 2.81. The number of nitrogens with one attached hydrogen (secondary N) is 1. The minimum Gasteiger partial charge on any atom is -0.496 e. The second kappa shape index (κ2) is 9.57. The molecule has 8 nitrogen and oxygen atoms in total. The fourth-order valence-corrected chi connectivity index (χ4v) is 5.13. The monoisotopic (exact) mass is 448 g/mol. The van der Waals surface area contributed by atoms with Crippen molar-refractivity contribution in [1.82, 2.24) is 9.62 Å². The number of hydrogen-bond donors (Lipinski definition) is 1. The molecule has 0 saturated carbocycles. The molecule has 1 aliphatic rings. The standard InChI is InChI=1S/C22H28N2O6S/c1-15(16-7-9-20(29-3)21(13-16)30-4)23-22(25)18-14-17(8-10-19(18)28-2)31(26,27)24-11-5-6-12-24/h7-10,13-15H,5-6,11-12H2,1-4H3,(H,23,25)/t15-/m1/s1. The van der Waals surface area contributed by atoms with Crippen molar-refractivity contribution in [3.05, 3.63) is 47.5 Å². The average Bonchev–Trinajstić information content (AvgIpc) is 3.33. The summed E-state index contributed by atoms with van der Waals surface area (Å²) in [4.78, 5) is 13.1. The first kappa shape index (κ1) is 22.9. The zero-order chi connectivity index (χ0) is 22.6. The number of sulfonamides is 1. The Bertz CT molecular complexity index is 1050. The highest BCUT2D eigenvalue weighted by Crippen LogP contribution is 2.31. The molecule has 1 aliphatic heterocycles. The van der Waals surface area contributed by atoms with E-state index in [4.69, 9.17) is 14.2 Å². The summed E-state index contributed by atoms with van der Waals surface area (Å²) in [6, 6.07) is 9.38. The molecule has 1 saturated heterocycles. The molecule has 0 unspecified atom stereocenters. The van der Waals surface area contributed by atoms with Crippen LogP contribution in [-0.4, -0.2) is 53.0 Å². The Hall–Kier alpha value is -2.78. The van der Waals surface area contributed by atoms with Gasteiger partial charge in [-0.25, -0.2) is 8.42 Å². The minimum absolute atomic E-state index is 0.0825. The number of methoxy groups -OCH3 is 3. The maximum Gasteiger partial charge on any atom is 0.255 e. The van der Waals surface area contributed by atoms with E-state index < -0.39 is 15.9 Å². The molecule has 1 atom stereocenters. The van der Waals surface area contributed by atoms with Crippen LogP contribution >= 0.6 is 0 Å². The molecule has 1 amide bonds. The van der Waals surface area contributed by atoms with Gasteiger partial charge in [-0.3, -0.25) is 4.79 Å². The molecule has 0 bridgehead atoms. The molecule has 168 valence electrons. The van der Waals surface area contributed by atoms with E-state index in [1.807, 2.05) is 13.0 Å². The van der Waals surface area contributed by atoms with Crippen molar-refractivity contribution in [2.24, 2.45) is 0 Å². The Morgan fingerprint density at radius 1 is 0.935 bits per heavy atom. The Kier molecular flexibility index (Phi) is 7.07. The maximum absolute atomic E-state index is 13.0. The van der Waals surface area contributed by atoms with Crippen molar-refractivity contribution in [1.29, 1.82) is 0 Å². The molecule has 0 aliphatic carbocycles. The first-order chi connectivity index (χ1) is 14.8. The fourth-order valence-electron chi connectivity index (χ4n) is 3.58. The highest BCUT2D eigenvalue weighted by Gasteiger charge is 2.29. The quantitative estimate of drug-likeness (QED) is 0.667. The summed E-state index contributed by atoms with van der Waals surface area (Å²) in [6.07, 6.45) is 1.68. The molecule has 1 fully saturated rings. The van der Waals surface area contributed by atoms with Gasteiger partial charge < -0.3 is 19.5 Å². The van der Waals surface area contributed by atoms with Crippen LogP contribution in [0.3, 0.4) is 0 Å². The number of ether oxygens (including phenoxy) is 3. The first-order valence-corrected chi connectivity index (χ1v) is 11.5. The third kappa shape index (κ3) is 4.77. The minimum atomic E-state index is -3.65. The van der Waals surface area contributed by atoms with Crippen LogP contribution in [0.1, 0.15) is 41.7 Å². The van der Waals surface area contributed by atoms with E-state index in [2.05, 4.69) is 5.32 Å². The van der Waals surface area contributed by atoms with Crippen LogP contribution in [0.2, 0.25) is 0 Å². The molecule has 2 aromatic rings.